The third-order valence-corrected chi connectivity index (χ3v) is 4.75. The van der Waals surface area contributed by atoms with Crippen LogP contribution in [0.5, 0.6) is 0 Å². The number of aliphatic imine (C=N–C) groups is 1. The first-order valence-corrected chi connectivity index (χ1v) is 9.80. The molecule has 1 heterocycles. The number of ether oxygens (including phenoxy) is 2. The van der Waals surface area contributed by atoms with Crippen LogP contribution in [0, 0.1) is 0 Å². The molecule has 0 saturated carbocycles. The zero-order chi connectivity index (χ0) is 21.1. The second-order valence-corrected chi connectivity index (χ2v) is 7.11. The number of benzene rings is 1. The number of piperidine rings is 1. The normalized spacial score (nSPS) is 16.2. The molecule has 0 aromatic heterocycles. The Balaban J connectivity index is 0.00000450. The van der Waals surface area contributed by atoms with Gasteiger partial charge in [-0.05, 0) is 24.0 Å². The van der Waals surface area contributed by atoms with Gasteiger partial charge in [-0.2, -0.15) is 13.2 Å². The highest BCUT2D eigenvalue weighted by Gasteiger charge is 2.27. The number of guanidine groups is 1. The van der Waals surface area contributed by atoms with E-state index < -0.39 is 12.8 Å². The maximum absolute atomic E-state index is 12.2. The van der Waals surface area contributed by atoms with Gasteiger partial charge in [-0.25, -0.2) is 0 Å². The molecule has 1 saturated heterocycles. The summed E-state index contributed by atoms with van der Waals surface area (Å²) < 4.78 is 46.4. The molecule has 0 amide bonds. The fraction of sp³-hybridized carbons (Fsp3) is 0.650. The summed E-state index contributed by atoms with van der Waals surface area (Å²) in [5, 5.41) is 6.72. The van der Waals surface area contributed by atoms with E-state index in [0.29, 0.717) is 18.2 Å². The smallest absolute Gasteiger partial charge is 0.383 e. The van der Waals surface area contributed by atoms with Crippen LogP contribution in [0.4, 0.5) is 13.2 Å². The first-order valence-electron chi connectivity index (χ1n) is 9.80. The summed E-state index contributed by atoms with van der Waals surface area (Å²) in [6.45, 7) is 2.98. The predicted octanol–water partition coefficient (Wildman–Crippen LogP) is 3.16. The molecule has 0 unspecified atom stereocenters. The van der Waals surface area contributed by atoms with E-state index in [0.717, 1.165) is 50.6 Å². The van der Waals surface area contributed by atoms with Crippen molar-refractivity contribution in [3.63, 3.8) is 0 Å². The molecular weight excluding hydrogens is 512 g/mol. The Morgan fingerprint density at radius 3 is 2.57 bits per heavy atom. The van der Waals surface area contributed by atoms with E-state index in [2.05, 4.69) is 20.5 Å². The van der Waals surface area contributed by atoms with Gasteiger partial charge in [-0.3, -0.25) is 4.99 Å². The molecule has 10 heteroatoms. The molecule has 0 spiro atoms. The molecule has 1 fully saturated rings. The Morgan fingerprint density at radius 2 is 1.93 bits per heavy atom. The van der Waals surface area contributed by atoms with Crippen molar-refractivity contribution in [3.05, 3.63) is 35.4 Å². The topological polar surface area (TPSA) is 58.1 Å². The van der Waals surface area contributed by atoms with Gasteiger partial charge in [0.1, 0.15) is 6.61 Å². The Labute approximate surface area is 193 Å². The molecular formula is C20H32F3IN4O2. The number of alkyl halides is 3. The molecule has 1 aliphatic rings. The Kier molecular flexibility index (Phi) is 12.6. The molecule has 2 N–H and O–H groups in total. The monoisotopic (exact) mass is 544 g/mol. The lowest BCUT2D eigenvalue weighted by Crippen LogP contribution is -2.48. The van der Waals surface area contributed by atoms with Crippen LogP contribution < -0.4 is 10.6 Å². The van der Waals surface area contributed by atoms with Crippen molar-refractivity contribution in [1.82, 2.24) is 15.5 Å². The number of nitrogens with zero attached hydrogens (tertiary/aromatic N) is 2. The van der Waals surface area contributed by atoms with E-state index in [1.54, 1.807) is 20.2 Å². The standard InChI is InChI=1S/C20H31F3N4O2.HI/c1-24-19(26-18-6-8-27(9-7-18)10-11-28-2)25-13-16-4-3-5-17(12-16)14-29-15-20(21,22)23;/h3-5,12,18H,6-11,13-15H2,1-2H3,(H2,24,25,26);1H. The van der Waals surface area contributed by atoms with Crippen LogP contribution in [0.1, 0.15) is 24.0 Å². The molecule has 0 atom stereocenters. The molecule has 6 nitrogen and oxygen atoms in total. The summed E-state index contributed by atoms with van der Waals surface area (Å²) in [6, 6.07) is 7.69. The quantitative estimate of drug-likeness (QED) is 0.284. The van der Waals surface area contributed by atoms with Crippen molar-refractivity contribution in [3.8, 4) is 0 Å². The van der Waals surface area contributed by atoms with Gasteiger partial charge in [0.25, 0.3) is 0 Å². The van der Waals surface area contributed by atoms with Gasteiger partial charge in [-0.1, -0.05) is 24.3 Å². The fourth-order valence-electron chi connectivity index (χ4n) is 3.21. The lowest BCUT2D eigenvalue weighted by atomic mass is 10.1. The molecule has 0 aliphatic carbocycles. The second-order valence-electron chi connectivity index (χ2n) is 7.11. The van der Waals surface area contributed by atoms with Crippen LogP contribution in [0.2, 0.25) is 0 Å². The van der Waals surface area contributed by atoms with Gasteiger partial charge in [0, 0.05) is 46.4 Å². The summed E-state index contributed by atoms with van der Waals surface area (Å²) >= 11 is 0. The number of methoxy groups -OCH3 is 1. The molecule has 0 bridgehead atoms. The zero-order valence-electron chi connectivity index (χ0n) is 17.5. The van der Waals surface area contributed by atoms with Crippen LogP contribution in [-0.2, 0) is 22.6 Å². The average Bonchev–Trinajstić information content (AvgIpc) is 2.70. The Morgan fingerprint density at radius 1 is 1.23 bits per heavy atom. The summed E-state index contributed by atoms with van der Waals surface area (Å²) in [5.74, 6) is 0.721. The predicted molar refractivity (Wildman–Crippen MR) is 122 cm³/mol. The summed E-state index contributed by atoms with van der Waals surface area (Å²) in [4.78, 5) is 6.67. The van der Waals surface area contributed by atoms with Gasteiger partial charge < -0.3 is 25.0 Å². The van der Waals surface area contributed by atoms with Gasteiger partial charge in [0.2, 0.25) is 0 Å². The molecule has 0 radical (unpaired) electrons. The molecule has 2 rings (SSSR count). The second kappa shape index (κ2) is 14.0. The minimum Gasteiger partial charge on any atom is -0.383 e. The number of rotatable bonds is 9. The maximum Gasteiger partial charge on any atom is 0.411 e. The summed E-state index contributed by atoms with van der Waals surface area (Å²) in [5.41, 5.74) is 1.66. The van der Waals surface area contributed by atoms with Crippen molar-refractivity contribution in [1.29, 1.82) is 0 Å². The fourth-order valence-corrected chi connectivity index (χ4v) is 3.21. The molecule has 1 aromatic rings. The van der Waals surface area contributed by atoms with E-state index in [-0.39, 0.29) is 30.6 Å². The zero-order valence-corrected chi connectivity index (χ0v) is 19.8. The SMILES string of the molecule is CN=C(NCc1cccc(COCC(F)(F)F)c1)NC1CCN(CCOC)CC1.I. The van der Waals surface area contributed by atoms with Crippen molar-refractivity contribution in [2.75, 3.05) is 47.0 Å². The summed E-state index contributed by atoms with van der Waals surface area (Å²) in [6.07, 6.45) is -2.23. The third kappa shape index (κ3) is 10.8. The van der Waals surface area contributed by atoms with Gasteiger partial charge in [0.15, 0.2) is 5.96 Å². The largest absolute Gasteiger partial charge is 0.411 e. The highest BCUT2D eigenvalue weighted by atomic mass is 127. The van der Waals surface area contributed by atoms with Gasteiger partial charge in [0.05, 0.1) is 13.2 Å². The minimum absolute atomic E-state index is 0. The van der Waals surface area contributed by atoms with Crippen molar-refractivity contribution >= 4 is 29.9 Å². The van der Waals surface area contributed by atoms with Crippen LogP contribution in [0.15, 0.2) is 29.3 Å². The molecule has 30 heavy (non-hydrogen) atoms. The first-order chi connectivity index (χ1) is 13.9. The first kappa shape index (κ1) is 26.9. The third-order valence-electron chi connectivity index (χ3n) is 4.75. The van der Waals surface area contributed by atoms with Crippen molar-refractivity contribution in [2.45, 2.75) is 38.2 Å². The van der Waals surface area contributed by atoms with Gasteiger partial charge >= 0.3 is 6.18 Å². The Bertz CT molecular complexity index is 639. The summed E-state index contributed by atoms with van der Waals surface area (Å²) in [7, 11) is 3.44. The van der Waals surface area contributed by atoms with E-state index >= 15 is 0 Å². The molecule has 1 aromatic carbocycles. The number of halogens is 4. The highest BCUT2D eigenvalue weighted by molar-refractivity contribution is 14.0. The average molecular weight is 544 g/mol. The minimum atomic E-state index is -4.31. The lowest BCUT2D eigenvalue weighted by molar-refractivity contribution is -0.176. The number of hydrogen-bond acceptors (Lipinski definition) is 4. The number of hydrogen-bond donors (Lipinski definition) is 2. The van der Waals surface area contributed by atoms with Crippen molar-refractivity contribution < 1.29 is 22.6 Å². The highest BCUT2D eigenvalue weighted by Crippen LogP contribution is 2.16. The van der Waals surface area contributed by atoms with E-state index in [1.807, 2.05) is 18.2 Å². The van der Waals surface area contributed by atoms with Gasteiger partial charge in [-0.15, -0.1) is 24.0 Å². The Hall–Kier alpha value is -1.11. The van der Waals surface area contributed by atoms with Crippen LogP contribution in [0.3, 0.4) is 0 Å². The number of nitrogens with one attached hydrogen (secondary N) is 2. The van der Waals surface area contributed by atoms with Crippen molar-refractivity contribution in [2.24, 2.45) is 4.99 Å². The lowest BCUT2D eigenvalue weighted by Gasteiger charge is -2.32. The van der Waals surface area contributed by atoms with E-state index in [4.69, 9.17) is 9.47 Å². The van der Waals surface area contributed by atoms with Crippen LogP contribution in [0.25, 0.3) is 0 Å². The van der Waals surface area contributed by atoms with Crippen LogP contribution in [-0.4, -0.2) is 70.1 Å². The molecule has 172 valence electrons. The molecule has 1 aliphatic heterocycles. The van der Waals surface area contributed by atoms with Crippen LogP contribution >= 0.6 is 24.0 Å². The number of likely N-dealkylation sites (tertiary alicyclic amines) is 1. The van der Waals surface area contributed by atoms with E-state index in [1.165, 1.54) is 0 Å². The van der Waals surface area contributed by atoms with E-state index in [9.17, 15) is 13.2 Å². The maximum atomic E-state index is 12.2.